The third-order valence-corrected chi connectivity index (χ3v) is 4.89. The number of amides is 2. The Hall–Kier alpha value is -4.35. The van der Waals surface area contributed by atoms with Gasteiger partial charge in [-0.25, -0.2) is 14.4 Å². The van der Waals surface area contributed by atoms with Crippen LogP contribution in [-0.4, -0.2) is 40.6 Å². The number of halogens is 4. The van der Waals surface area contributed by atoms with E-state index < -0.39 is 47.9 Å². The number of hydrogen-bond donors (Lipinski definition) is 4. The minimum Gasteiger partial charge on any atom is -0.368 e. The lowest BCUT2D eigenvalue weighted by Crippen LogP contribution is -2.34. The van der Waals surface area contributed by atoms with E-state index in [1.54, 1.807) is 30.3 Å². The first-order valence-electron chi connectivity index (χ1n) is 10.2. The van der Waals surface area contributed by atoms with Crippen molar-refractivity contribution in [1.29, 1.82) is 5.41 Å². The summed E-state index contributed by atoms with van der Waals surface area (Å²) in [5.74, 6) is -4.86. The summed E-state index contributed by atoms with van der Waals surface area (Å²) < 4.78 is 53.0. The number of nitrogens with zero attached hydrogens (tertiary/aromatic N) is 2. The summed E-state index contributed by atoms with van der Waals surface area (Å²) in [6.45, 7) is -0.675. The first-order valence-corrected chi connectivity index (χ1v) is 10.2. The number of nitrogens with one attached hydrogen (secondary N) is 3. The van der Waals surface area contributed by atoms with Gasteiger partial charge in [0, 0.05) is 24.4 Å². The number of anilines is 1. The summed E-state index contributed by atoms with van der Waals surface area (Å²) in [4.78, 5) is 30.1. The number of rotatable bonds is 9. The topological polar surface area (TPSA) is 134 Å². The highest BCUT2D eigenvalue weighted by atomic mass is 19.4. The fourth-order valence-electron chi connectivity index (χ4n) is 3.18. The molecule has 3 rings (SSSR count). The molecule has 8 nitrogen and oxygen atoms in total. The molecule has 0 saturated carbocycles. The number of hydrogen-bond acceptors (Lipinski definition) is 6. The molecule has 0 fully saturated rings. The molecule has 5 N–H and O–H groups in total. The quantitative estimate of drug-likeness (QED) is 0.271. The summed E-state index contributed by atoms with van der Waals surface area (Å²) in [5.41, 5.74) is 5.77. The molecule has 0 spiro atoms. The molecule has 12 heteroatoms. The maximum Gasteiger partial charge on any atom is 0.451 e. The molecule has 0 bridgehead atoms. The van der Waals surface area contributed by atoms with Crippen molar-refractivity contribution in [2.75, 3.05) is 18.4 Å². The van der Waals surface area contributed by atoms with Crippen molar-refractivity contribution in [3.05, 3.63) is 89.1 Å². The van der Waals surface area contributed by atoms with Crippen LogP contribution in [0.4, 0.5) is 23.4 Å². The second kappa shape index (κ2) is 10.7. The van der Waals surface area contributed by atoms with E-state index in [2.05, 4.69) is 20.6 Å². The average Bonchev–Trinajstić information content (AvgIpc) is 2.83. The smallest absolute Gasteiger partial charge is 0.368 e. The lowest BCUT2D eigenvalue weighted by molar-refractivity contribution is -0.144. The standard InChI is InChI=1S/C23H20F4N6O2/c24-15-8-6-14(7-9-15)19(29)16(13-4-2-1-3-5-13)10-30-20-17(21(35)31-12-18(28)34)11-32-22(33-20)23(25,26)27/h1-9,11,16,29H,10,12H2,(H2,28,34)(H,31,35)(H,30,32,33). The van der Waals surface area contributed by atoms with E-state index in [-0.39, 0.29) is 17.8 Å². The molecule has 2 amide bonds. The Labute approximate surface area is 197 Å². The van der Waals surface area contributed by atoms with Gasteiger partial charge in [0.1, 0.15) is 17.2 Å². The Morgan fingerprint density at radius 1 is 1.06 bits per heavy atom. The van der Waals surface area contributed by atoms with Crippen LogP contribution in [0.2, 0.25) is 0 Å². The molecule has 35 heavy (non-hydrogen) atoms. The van der Waals surface area contributed by atoms with E-state index in [0.717, 1.165) is 0 Å². The summed E-state index contributed by atoms with van der Waals surface area (Å²) >= 11 is 0. The molecule has 182 valence electrons. The molecule has 1 atom stereocenters. The number of aromatic nitrogens is 2. The van der Waals surface area contributed by atoms with Gasteiger partial charge in [-0.15, -0.1) is 0 Å². The first-order chi connectivity index (χ1) is 16.6. The van der Waals surface area contributed by atoms with Gasteiger partial charge in [-0.3, -0.25) is 9.59 Å². The van der Waals surface area contributed by atoms with Crippen LogP contribution in [0.3, 0.4) is 0 Å². The predicted octanol–water partition coefficient (Wildman–Crippen LogP) is 3.11. The Morgan fingerprint density at radius 3 is 2.31 bits per heavy atom. The minimum absolute atomic E-state index is 0.0635. The molecule has 0 aliphatic heterocycles. The van der Waals surface area contributed by atoms with Crippen molar-refractivity contribution in [3.63, 3.8) is 0 Å². The summed E-state index contributed by atoms with van der Waals surface area (Å²) in [7, 11) is 0. The molecule has 3 aromatic rings. The number of carbonyl (C=O) groups is 2. The highest BCUT2D eigenvalue weighted by Gasteiger charge is 2.36. The number of benzene rings is 2. The van der Waals surface area contributed by atoms with Gasteiger partial charge in [0.2, 0.25) is 11.7 Å². The minimum atomic E-state index is -4.88. The summed E-state index contributed by atoms with van der Waals surface area (Å²) in [6.07, 6.45) is -4.18. The van der Waals surface area contributed by atoms with Crippen molar-refractivity contribution in [2.45, 2.75) is 12.1 Å². The summed E-state index contributed by atoms with van der Waals surface area (Å²) in [6, 6.07) is 13.9. The number of primary amides is 1. The second-order valence-corrected chi connectivity index (χ2v) is 7.37. The van der Waals surface area contributed by atoms with Crippen LogP contribution >= 0.6 is 0 Å². The molecular weight excluding hydrogens is 468 g/mol. The monoisotopic (exact) mass is 488 g/mol. The zero-order chi connectivity index (χ0) is 25.6. The Kier molecular flexibility index (Phi) is 7.74. The van der Waals surface area contributed by atoms with Crippen molar-refractivity contribution in [3.8, 4) is 0 Å². The van der Waals surface area contributed by atoms with Gasteiger partial charge >= 0.3 is 6.18 Å². The van der Waals surface area contributed by atoms with Crippen molar-refractivity contribution < 1.29 is 27.2 Å². The van der Waals surface area contributed by atoms with Crippen LogP contribution in [0.1, 0.15) is 33.2 Å². The van der Waals surface area contributed by atoms with Crippen molar-refractivity contribution in [2.24, 2.45) is 5.73 Å². The van der Waals surface area contributed by atoms with E-state index >= 15 is 0 Å². The Bertz CT molecular complexity index is 1220. The number of carbonyl (C=O) groups excluding carboxylic acids is 2. The zero-order valence-electron chi connectivity index (χ0n) is 18.1. The second-order valence-electron chi connectivity index (χ2n) is 7.37. The molecule has 1 heterocycles. The van der Waals surface area contributed by atoms with Gasteiger partial charge < -0.3 is 21.8 Å². The van der Waals surface area contributed by atoms with E-state index in [1.165, 1.54) is 24.3 Å². The predicted molar refractivity (Wildman–Crippen MR) is 119 cm³/mol. The SMILES string of the molecule is N=C(c1ccc(F)cc1)C(CNc1nc(C(F)(F)F)ncc1C(=O)NCC(N)=O)c1ccccc1. The maximum atomic E-state index is 13.4. The molecule has 2 aromatic carbocycles. The van der Waals surface area contributed by atoms with Crippen LogP contribution in [-0.2, 0) is 11.0 Å². The average molecular weight is 488 g/mol. The van der Waals surface area contributed by atoms with Crippen molar-refractivity contribution in [1.82, 2.24) is 15.3 Å². The molecule has 1 unspecified atom stereocenters. The van der Waals surface area contributed by atoms with Gasteiger partial charge in [-0.05, 0) is 23.3 Å². The maximum absolute atomic E-state index is 13.4. The summed E-state index contributed by atoms with van der Waals surface area (Å²) in [5, 5.41) is 13.5. The van der Waals surface area contributed by atoms with Crippen LogP contribution in [0.5, 0.6) is 0 Å². The lowest BCUT2D eigenvalue weighted by atomic mass is 9.89. The normalized spacial score (nSPS) is 12.0. The van der Waals surface area contributed by atoms with E-state index in [0.29, 0.717) is 17.3 Å². The van der Waals surface area contributed by atoms with E-state index in [4.69, 9.17) is 11.1 Å². The Balaban J connectivity index is 1.95. The van der Waals surface area contributed by atoms with Crippen LogP contribution in [0.15, 0.2) is 60.8 Å². The van der Waals surface area contributed by atoms with Gasteiger partial charge in [0.05, 0.1) is 6.54 Å². The molecule has 1 aromatic heterocycles. The van der Waals surface area contributed by atoms with E-state index in [1.807, 2.05) is 0 Å². The molecule has 0 aliphatic rings. The highest BCUT2D eigenvalue weighted by Crippen LogP contribution is 2.28. The van der Waals surface area contributed by atoms with Gasteiger partial charge in [-0.2, -0.15) is 13.2 Å². The highest BCUT2D eigenvalue weighted by molar-refractivity contribution is 6.03. The van der Waals surface area contributed by atoms with Crippen LogP contribution in [0, 0.1) is 11.2 Å². The van der Waals surface area contributed by atoms with Crippen molar-refractivity contribution >= 4 is 23.3 Å². The van der Waals surface area contributed by atoms with Crippen LogP contribution < -0.4 is 16.4 Å². The van der Waals surface area contributed by atoms with Gasteiger partial charge in [0.25, 0.3) is 5.91 Å². The molecular formula is C23H20F4N6O2. The molecule has 0 aliphatic carbocycles. The van der Waals surface area contributed by atoms with Gasteiger partial charge in [0.15, 0.2) is 0 Å². The zero-order valence-corrected chi connectivity index (χ0v) is 18.1. The van der Waals surface area contributed by atoms with E-state index in [9.17, 15) is 27.2 Å². The molecule has 0 saturated heterocycles. The van der Waals surface area contributed by atoms with Crippen LogP contribution in [0.25, 0.3) is 0 Å². The third-order valence-electron chi connectivity index (χ3n) is 4.89. The molecule has 0 radical (unpaired) electrons. The fourth-order valence-corrected chi connectivity index (χ4v) is 3.18. The largest absolute Gasteiger partial charge is 0.451 e. The fraction of sp³-hybridized carbons (Fsp3) is 0.174. The third kappa shape index (κ3) is 6.59. The Morgan fingerprint density at radius 2 is 1.71 bits per heavy atom. The number of nitrogens with two attached hydrogens (primary N) is 1. The number of alkyl halides is 3. The van der Waals surface area contributed by atoms with Gasteiger partial charge in [-0.1, -0.05) is 42.5 Å². The lowest BCUT2D eigenvalue weighted by Gasteiger charge is -2.21. The first kappa shape index (κ1) is 25.3.